The van der Waals surface area contributed by atoms with Crippen LogP contribution in [0.1, 0.15) is 85.5 Å². The van der Waals surface area contributed by atoms with Crippen LogP contribution in [0.3, 0.4) is 0 Å². The first-order valence-electron chi connectivity index (χ1n) is 9.91. The maximum Gasteiger partial charge on any atom is 1.00 e. The Morgan fingerprint density at radius 2 is 1.30 bits per heavy atom. The van der Waals surface area contributed by atoms with Crippen molar-refractivity contribution in [2.24, 2.45) is 0 Å². The van der Waals surface area contributed by atoms with Crippen LogP contribution in [0, 0.1) is 0 Å². The van der Waals surface area contributed by atoms with Crippen LogP contribution in [0.15, 0.2) is 0 Å². The average Bonchev–Trinajstić information content (AvgIpc) is 2.55. The fraction of sp³-hybridized carbons (Fsp3) is 1.00. The predicted molar refractivity (Wildman–Crippen MR) is 99.4 cm³/mol. The van der Waals surface area contributed by atoms with E-state index in [-0.39, 0.29) is 42.8 Å². The zero-order valence-electron chi connectivity index (χ0n) is 17.8. The van der Waals surface area contributed by atoms with Crippen molar-refractivity contribution < 1.29 is 60.9 Å². The van der Waals surface area contributed by atoms with E-state index in [1.165, 1.54) is 32.1 Å². The van der Waals surface area contributed by atoms with E-state index < -0.39 is 22.5 Å². The summed E-state index contributed by atoms with van der Waals surface area (Å²) in [6, 6.07) is 0. The van der Waals surface area contributed by atoms with E-state index in [1.807, 2.05) is 0 Å². The number of hydrogen-bond acceptors (Lipinski definition) is 7. The van der Waals surface area contributed by atoms with Crippen LogP contribution in [0.4, 0.5) is 0 Å². The molecule has 0 rings (SSSR count). The molecule has 0 aliphatic carbocycles. The minimum atomic E-state index is -5.02. The first-order valence-corrected chi connectivity index (χ1v) is 11.2. The topological polar surface area (TPSA) is 94.1 Å². The zero-order chi connectivity index (χ0) is 19.9. The van der Waals surface area contributed by atoms with Gasteiger partial charge in [-0.05, 0) is 27.2 Å². The molecule has 0 spiro atoms. The zero-order valence-corrected chi connectivity index (χ0v) is 20.6. The maximum absolute atomic E-state index is 11.2. The minimum absolute atomic E-state index is 0. The van der Waals surface area contributed by atoms with Gasteiger partial charge in [0.1, 0.15) is 6.10 Å². The summed E-state index contributed by atoms with van der Waals surface area (Å²) < 4.78 is 54.8. The molecule has 0 heterocycles. The monoisotopic (exact) mass is 420 g/mol. The van der Waals surface area contributed by atoms with Crippen molar-refractivity contribution in [1.82, 2.24) is 0 Å². The Morgan fingerprint density at radius 1 is 0.815 bits per heavy atom. The third kappa shape index (κ3) is 14.4. The second kappa shape index (κ2) is 17.6. The van der Waals surface area contributed by atoms with E-state index in [0.29, 0.717) is 13.0 Å². The summed E-state index contributed by atoms with van der Waals surface area (Å²) in [7, 11) is -5.02. The van der Waals surface area contributed by atoms with Gasteiger partial charge in [-0.15, -0.1) is 0 Å². The molecule has 0 aromatic carbocycles. The SMILES string of the molecule is CCCCCCCCCCC(OCC)C(OCC)(OCC)OS(=O)(=O)[O-].[Na+]. The summed E-state index contributed by atoms with van der Waals surface area (Å²) >= 11 is 0. The van der Waals surface area contributed by atoms with Gasteiger partial charge in [0, 0.05) is 19.8 Å². The molecule has 0 saturated heterocycles. The van der Waals surface area contributed by atoms with Crippen molar-refractivity contribution in [3.63, 3.8) is 0 Å². The van der Waals surface area contributed by atoms with Crippen LogP contribution in [0.5, 0.6) is 0 Å². The van der Waals surface area contributed by atoms with Gasteiger partial charge in [-0.25, -0.2) is 12.6 Å². The van der Waals surface area contributed by atoms with Gasteiger partial charge >= 0.3 is 35.5 Å². The van der Waals surface area contributed by atoms with Gasteiger partial charge in [0.05, 0.1) is 0 Å². The first kappa shape index (κ1) is 29.9. The number of unbranched alkanes of at least 4 members (excludes halogenated alkanes) is 7. The molecule has 0 aromatic rings. The molecule has 0 aliphatic rings. The quantitative estimate of drug-likeness (QED) is 0.108. The molecule has 0 fully saturated rings. The van der Waals surface area contributed by atoms with Crippen LogP contribution in [0.2, 0.25) is 0 Å². The maximum atomic E-state index is 11.2. The van der Waals surface area contributed by atoms with Crippen molar-refractivity contribution in [3.8, 4) is 0 Å². The molecule has 0 N–H and O–H groups in total. The molecule has 158 valence electrons. The van der Waals surface area contributed by atoms with Crippen molar-refractivity contribution >= 4 is 10.4 Å². The Bertz CT molecular complexity index is 425. The molecule has 0 aromatic heterocycles. The van der Waals surface area contributed by atoms with E-state index in [1.54, 1.807) is 20.8 Å². The van der Waals surface area contributed by atoms with E-state index in [4.69, 9.17) is 18.4 Å². The summed E-state index contributed by atoms with van der Waals surface area (Å²) in [5, 5.41) is 0. The van der Waals surface area contributed by atoms with Gasteiger partial charge in [0.15, 0.2) is 0 Å². The smallest absolute Gasteiger partial charge is 0.725 e. The number of rotatable bonds is 18. The largest absolute Gasteiger partial charge is 1.00 e. The predicted octanol–water partition coefficient (Wildman–Crippen LogP) is 1.13. The molecule has 7 nitrogen and oxygen atoms in total. The molecule has 1 unspecified atom stereocenters. The molecule has 27 heavy (non-hydrogen) atoms. The molecular weight excluding hydrogens is 383 g/mol. The van der Waals surface area contributed by atoms with Gasteiger partial charge in [-0.1, -0.05) is 58.3 Å². The fourth-order valence-corrected chi connectivity index (χ4v) is 3.39. The van der Waals surface area contributed by atoms with Gasteiger partial charge in [0.25, 0.3) is 0 Å². The van der Waals surface area contributed by atoms with E-state index in [0.717, 1.165) is 19.3 Å². The van der Waals surface area contributed by atoms with Crippen molar-refractivity contribution in [2.75, 3.05) is 19.8 Å². The molecule has 9 heteroatoms. The van der Waals surface area contributed by atoms with Gasteiger partial charge in [-0.2, -0.15) is 0 Å². The van der Waals surface area contributed by atoms with Crippen LogP contribution in [0.25, 0.3) is 0 Å². The van der Waals surface area contributed by atoms with Crippen LogP contribution in [-0.2, 0) is 28.8 Å². The summed E-state index contributed by atoms with van der Waals surface area (Å²) in [4.78, 5) is 0. The summed E-state index contributed by atoms with van der Waals surface area (Å²) in [5.41, 5.74) is 0. The second-order valence-electron chi connectivity index (χ2n) is 6.17. The molecule has 0 saturated carbocycles. The van der Waals surface area contributed by atoms with Crippen LogP contribution >= 0.6 is 0 Å². The molecular formula is C18H37NaO7S. The number of hydrogen-bond donors (Lipinski definition) is 0. The Labute approximate surface area is 188 Å². The Hall–Kier alpha value is 0.750. The normalized spacial score (nSPS) is 13.4. The molecule has 0 radical (unpaired) electrons. The van der Waals surface area contributed by atoms with E-state index in [2.05, 4.69) is 6.92 Å². The van der Waals surface area contributed by atoms with Crippen LogP contribution < -0.4 is 29.6 Å². The van der Waals surface area contributed by atoms with Gasteiger partial charge < -0.3 is 18.8 Å². The van der Waals surface area contributed by atoms with Crippen LogP contribution in [-0.4, -0.2) is 44.9 Å². The Kier molecular flexibility index (Phi) is 19.5. The molecule has 0 aliphatic heterocycles. The molecule has 0 amide bonds. The number of ether oxygens (including phenoxy) is 3. The summed E-state index contributed by atoms with van der Waals surface area (Å²) in [6.45, 7) is 7.90. The second-order valence-corrected chi connectivity index (χ2v) is 7.15. The summed E-state index contributed by atoms with van der Waals surface area (Å²) in [6.07, 6.45) is 8.80. The van der Waals surface area contributed by atoms with Gasteiger partial charge in [-0.3, -0.25) is 0 Å². The van der Waals surface area contributed by atoms with E-state index in [9.17, 15) is 13.0 Å². The van der Waals surface area contributed by atoms with Gasteiger partial charge in [0.2, 0.25) is 10.4 Å². The fourth-order valence-electron chi connectivity index (χ4n) is 2.90. The minimum Gasteiger partial charge on any atom is -0.725 e. The van der Waals surface area contributed by atoms with Crippen molar-refractivity contribution in [3.05, 3.63) is 0 Å². The first-order chi connectivity index (χ1) is 12.3. The van der Waals surface area contributed by atoms with Crippen molar-refractivity contribution in [2.45, 2.75) is 97.6 Å². The average molecular weight is 421 g/mol. The Morgan fingerprint density at radius 3 is 1.70 bits per heavy atom. The summed E-state index contributed by atoms with van der Waals surface area (Å²) in [5.74, 6) is -2.03. The standard InChI is InChI=1S/C18H38O7S.Na/c1-5-9-10-11-12-13-14-15-16-17(22-6-2)18(23-7-3,24-8-4)25-26(19,20)21;/h17H,5-16H2,1-4H3,(H,19,20,21);/q;+1/p-1. The molecule has 0 bridgehead atoms. The Balaban J connectivity index is 0. The van der Waals surface area contributed by atoms with E-state index >= 15 is 0 Å². The third-order valence-corrected chi connectivity index (χ3v) is 4.43. The molecule has 1 atom stereocenters. The third-order valence-electron chi connectivity index (χ3n) is 3.99. The van der Waals surface area contributed by atoms with Crippen molar-refractivity contribution in [1.29, 1.82) is 0 Å².